The molecular weight excluding hydrogens is 562 g/mol. The number of benzene rings is 3. The molecule has 2 atom stereocenters. The number of carbonyl (C=O) groups excluding carboxylic acids is 3. The first-order valence-corrected chi connectivity index (χ1v) is 14.3. The fraction of sp³-hybridized carbons (Fsp3) is 0.250. The van der Waals surface area contributed by atoms with Crippen LogP contribution in [-0.4, -0.2) is 79.8 Å². The van der Waals surface area contributed by atoms with Gasteiger partial charge >= 0.3 is 6.03 Å². The molecule has 6 rings (SSSR count). The van der Waals surface area contributed by atoms with Crippen LogP contribution in [0.2, 0.25) is 0 Å². The Labute approximate surface area is 253 Å². The van der Waals surface area contributed by atoms with Crippen LogP contribution in [0.15, 0.2) is 90.0 Å². The summed E-state index contributed by atoms with van der Waals surface area (Å²) in [6, 6.07) is 20.2. The maximum absolute atomic E-state index is 14.2. The van der Waals surface area contributed by atoms with Gasteiger partial charge in [0.05, 0.1) is 18.5 Å². The monoisotopic (exact) mass is 595 g/mol. The molecule has 3 aromatic carbocycles. The van der Waals surface area contributed by atoms with Crippen LogP contribution in [0.5, 0.6) is 5.75 Å². The van der Waals surface area contributed by atoms with E-state index in [2.05, 4.69) is 17.1 Å². The maximum atomic E-state index is 14.2. The van der Waals surface area contributed by atoms with Gasteiger partial charge in [-0.15, -0.1) is 6.58 Å². The van der Waals surface area contributed by atoms with Crippen LogP contribution in [0.4, 0.5) is 10.6 Å². The van der Waals surface area contributed by atoms with Crippen LogP contribution in [-0.2, 0) is 29.1 Å². The lowest BCUT2D eigenvalue weighted by molar-refractivity contribution is -0.189. The third-order valence-electron chi connectivity index (χ3n) is 8.00. The number of anilines is 1. The number of nitrogens with one attached hydrogen (secondary N) is 1. The second kappa shape index (κ2) is 12.1. The van der Waals surface area contributed by atoms with Crippen molar-refractivity contribution in [3.05, 3.63) is 102 Å². The molecule has 2 fully saturated rings. The number of nitrogen functional groups attached to an aromatic ring is 1. The Hall–Kier alpha value is -5.36. The molecule has 1 aromatic heterocycles. The van der Waals surface area contributed by atoms with Gasteiger partial charge in [0, 0.05) is 31.6 Å². The van der Waals surface area contributed by atoms with Crippen molar-refractivity contribution in [2.24, 2.45) is 0 Å². The Bertz CT molecular complexity index is 1690. The number of aromatic nitrogens is 1. The number of rotatable bonds is 8. The number of nitrogens with two attached hydrogens (primary N) is 1. The van der Waals surface area contributed by atoms with Crippen molar-refractivity contribution in [1.29, 1.82) is 0 Å². The number of amides is 4. The molecule has 4 N–H and O–H groups in total. The van der Waals surface area contributed by atoms with Crippen molar-refractivity contribution >= 4 is 34.6 Å². The smallest absolute Gasteiger partial charge is 0.334 e. The molecule has 0 radical (unpaired) electrons. The first-order chi connectivity index (χ1) is 21.3. The molecule has 44 heavy (non-hydrogen) atoms. The molecule has 2 aliphatic rings. The zero-order valence-electron chi connectivity index (χ0n) is 24.0. The van der Waals surface area contributed by atoms with E-state index in [0.717, 1.165) is 11.1 Å². The highest BCUT2D eigenvalue weighted by Crippen LogP contribution is 2.31. The van der Waals surface area contributed by atoms with Crippen LogP contribution in [0.3, 0.4) is 0 Å². The number of phenols is 1. The first kappa shape index (κ1) is 28.7. The van der Waals surface area contributed by atoms with E-state index < -0.39 is 18.2 Å². The van der Waals surface area contributed by atoms with Crippen molar-refractivity contribution < 1.29 is 24.0 Å². The second-order valence-electron chi connectivity index (χ2n) is 10.9. The fourth-order valence-corrected chi connectivity index (χ4v) is 5.92. The van der Waals surface area contributed by atoms with Crippen molar-refractivity contribution in [1.82, 2.24) is 30.3 Å². The Kier molecular flexibility index (Phi) is 7.90. The molecule has 12 nitrogen and oxygen atoms in total. The van der Waals surface area contributed by atoms with Crippen LogP contribution in [0, 0.1) is 0 Å². The minimum atomic E-state index is -0.903. The minimum absolute atomic E-state index is 0.0586. The minimum Gasteiger partial charge on any atom is -0.508 e. The molecule has 0 saturated carbocycles. The molecule has 0 unspecified atom stereocenters. The molecule has 226 valence electrons. The Morgan fingerprint density at radius 1 is 1.07 bits per heavy atom. The van der Waals surface area contributed by atoms with E-state index in [9.17, 15) is 19.5 Å². The summed E-state index contributed by atoms with van der Waals surface area (Å²) < 4.78 is 5.50. The number of piperazine rings is 1. The predicted molar refractivity (Wildman–Crippen MR) is 162 cm³/mol. The van der Waals surface area contributed by atoms with E-state index >= 15 is 0 Å². The molecular formula is C32H33N7O5. The van der Waals surface area contributed by atoms with Gasteiger partial charge in [-0.1, -0.05) is 65.8 Å². The average molecular weight is 596 g/mol. The number of para-hydroxylation sites is 1. The van der Waals surface area contributed by atoms with Crippen molar-refractivity contribution in [2.75, 3.05) is 25.4 Å². The van der Waals surface area contributed by atoms with Crippen molar-refractivity contribution in [3.63, 3.8) is 0 Å². The third-order valence-corrected chi connectivity index (χ3v) is 8.00. The lowest BCUT2D eigenvalue weighted by atomic mass is 9.98. The first-order valence-electron chi connectivity index (χ1n) is 14.3. The Morgan fingerprint density at radius 3 is 2.59 bits per heavy atom. The van der Waals surface area contributed by atoms with Crippen LogP contribution in [0.1, 0.15) is 16.7 Å². The quantitative estimate of drug-likeness (QED) is 0.264. The van der Waals surface area contributed by atoms with Crippen molar-refractivity contribution in [3.8, 4) is 5.75 Å². The number of hydrazine groups is 1. The molecule has 3 heterocycles. The largest absolute Gasteiger partial charge is 0.508 e. The third kappa shape index (κ3) is 5.54. The van der Waals surface area contributed by atoms with Gasteiger partial charge < -0.3 is 30.5 Å². The zero-order valence-corrected chi connectivity index (χ0v) is 24.0. The molecule has 12 heteroatoms. The van der Waals surface area contributed by atoms with Crippen LogP contribution < -0.4 is 11.1 Å². The molecule has 0 spiro atoms. The highest BCUT2D eigenvalue weighted by Gasteiger charge is 2.51. The summed E-state index contributed by atoms with van der Waals surface area (Å²) >= 11 is 0. The molecule has 4 amide bonds. The summed E-state index contributed by atoms with van der Waals surface area (Å²) in [4.78, 5) is 45.0. The summed E-state index contributed by atoms with van der Waals surface area (Å²) in [5.41, 5.74) is 8.83. The Balaban J connectivity index is 1.37. The van der Waals surface area contributed by atoms with Gasteiger partial charge in [0.1, 0.15) is 18.0 Å². The standard InChI is InChI=1S/C32H33N7O5/c1-2-15-37-20-28(41)38-26(16-21-11-13-24(40)14-12-21)31(42)36(18-23-9-6-10-25-29(23)44-35-30(25)33)19-27(38)39(37)32(43)34-17-22-7-4-3-5-8-22/h2-14,26-27,40H,1,15-20H2,(H2,33,35)(H,34,43)/t26-,27-/m0/s1. The number of hydrogen-bond donors (Lipinski definition) is 3. The highest BCUT2D eigenvalue weighted by atomic mass is 16.5. The normalized spacial score (nSPS) is 18.9. The SMILES string of the molecule is C=CCN1CC(=O)N2[C@@H](Cc3ccc(O)cc3)C(=O)N(Cc3cccc4c(N)noc34)C[C@@H]2N1C(=O)NCc1ccccc1. The molecule has 2 saturated heterocycles. The highest BCUT2D eigenvalue weighted by molar-refractivity contribution is 5.93. The van der Waals surface area contributed by atoms with Gasteiger partial charge in [-0.3, -0.25) is 9.59 Å². The van der Waals surface area contributed by atoms with E-state index in [1.54, 1.807) is 46.3 Å². The van der Waals surface area contributed by atoms with Crippen LogP contribution >= 0.6 is 0 Å². The summed E-state index contributed by atoms with van der Waals surface area (Å²) in [7, 11) is 0. The molecule has 4 aromatic rings. The predicted octanol–water partition coefficient (Wildman–Crippen LogP) is 2.85. The summed E-state index contributed by atoms with van der Waals surface area (Å²) in [5, 5.41) is 20.5. The van der Waals surface area contributed by atoms with E-state index in [4.69, 9.17) is 10.3 Å². The summed E-state index contributed by atoms with van der Waals surface area (Å²) in [6.45, 7) is 4.47. The number of fused-ring (bicyclic) bond motifs is 2. The second-order valence-corrected chi connectivity index (χ2v) is 10.9. The van der Waals surface area contributed by atoms with E-state index in [0.29, 0.717) is 16.5 Å². The lowest BCUT2D eigenvalue weighted by Crippen LogP contribution is -2.76. The van der Waals surface area contributed by atoms with E-state index in [1.807, 2.05) is 42.5 Å². The van der Waals surface area contributed by atoms with Gasteiger partial charge in [0.15, 0.2) is 11.4 Å². The fourth-order valence-electron chi connectivity index (χ4n) is 5.92. The van der Waals surface area contributed by atoms with Crippen molar-refractivity contribution in [2.45, 2.75) is 31.7 Å². The molecule has 0 aliphatic carbocycles. The number of urea groups is 1. The van der Waals surface area contributed by atoms with Gasteiger partial charge in [-0.05, 0) is 29.3 Å². The maximum Gasteiger partial charge on any atom is 0.334 e. The summed E-state index contributed by atoms with van der Waals surface area (Å²) in [6.07, 6.45) is 1.03. The molecule has 0 bridgehead atoms. The van der Waals surface area contributed by atoms with Crippen LogP contribution in [0.25, 0.3) is 11.0 Å². The van der Waals surface area contributed by atoms with Gasteiger partial charge in [-0.2, -0.15) is 0 Å². The summed E-state index contributed by atoms with van der Waals surface area (Å²) in [5.74, 6) is -0.194. The molecule has 2 aliphatic heterocycles. The van der Waals surface area contributed by atoms with E-state index in [-0.39, 0.29) is 62.5 Å². The Morgan fingerprint density at radius 2 is 1.84 bits per heavy atom. The van der Waals surface area contributed by atoms with Gasteiger partial charge in [0.25, 0.3) is 0 Å². The number of phenolic OH excluding ortho intramolecular Hbond substituents is 1. The number of hydrogen-bond acceptors (Lipinski definition) is 8. The number of nitrogens with zero attached hydrogens (tertiary/aromatic N) is 5. The zero-order chi connectivity index (χ0) is 30.8. The lowest BCUT2D eigenvalue weighted by Gasteiger charge is -2.55. The topological polar surface area (TPSA) is 148 Å². The van der Waals surface area contributed by atoms with E-state index in [1.165, 1.54) is 9.91 Å². The average Bonchev–Trinajstić information content (AvgIpc) is 3.41. The van der Waals surface area contributed by atoms with Gasteiger partial charge in [-0.25, -0.2) is 14.8 Å². The van der Waals surface area contributed by atoms with Gasteiger partial charge in [0.2, 0.25) is 11.8 Å². The number of carbonyl (C=O) groups is 3. The number of aromatic hydroxyl groups is 1.